The van der Waals surface area contributed by atoms with Gasteiger partial charge in [-0.25, -0.2) is 15.0 Å². The Kier molecular flexibility index (Phi) is 3.15. The van der Waals surface area contributed by atoms with Crippen LogP contribution in [0, 0.1) is 6.92 Å². The van der Waals surface area contributed by atoms with Gasteiger partial charge in [-0.3, -0.25) is 0 Å². The summed E-state index contributed by atoms with van der Waals surface area (Å²) in [6.07, 6.45) is 9.49. The summed E-state index contributed by atoms with van der Waals surface area (Å²) < 4.78 is 2.04. The van der Waals surface area contributed by atoms with E-state index in [1.807, 2.05) is 42.1 Å². The molecule has 0 unspecified atom stereocenters. The first-order valence-corrected chi connectivity index (χ1v) is 8.09. The molecule has 0 bridgehead atoms. The highest BCUT2D eigenvalue weighted by molar-refractivity contribution is 8.08. The molecule has 7 heteroatoms. The van der Waals surface area contributed by atoms with Crippen molar-refractivity contribution in [2.45, 2.75) is 6.92 Å². The quantitative estimate of drug-likeness (QED) is 0.788. The molecule has 4 rings (SSSR count). The highest BCUT2D eigenvalue weighted by Crippen LogP contribution is 2.34. The maximum absolute atomic E-state index is 4.52. The third-order valence-electron chi connectivity index (χ3n) is 3.85. The van der Waals surface area contributed by atoms with Crippen molar-refractivity contribution >= 4 is 33.5 Å². The van der Waals surface area contributed by atoms with Crippen LogP contribution < -0.4 is 4.90 Å². The van der Waals surface area contributed by atoms with Gasteiger partial charge in [-0.15, -0.1) is 11.8 Å². The fraction of sp³-hybridized carbons (Fsp3) is 0.267. The summed E-state index contributed by atoms with van der Waals surface area (Å²) in [6.45, 7) is 3.01. The fourth-order valence-corrected chi connectivity index (χ4v) is 3.77. The third-order valence-corrected chi connectivity index (χ3v) is 4.86. The summed E-state index contributed by atoms with van der Waals surface area (Å²) in [4.78, 5) is 19.7. The highest BCUT2D eigenvalue weighted by Gasteiger charge is 2.19. The summed E-state index contributed by atoms with van der Waals surface area (Å²) in [6, 6.07) is 0. The van der Waals surface area contributed by atoms with Crippen molar-refractivity contribution in [2.24, 2.45) is 7.05 Å². The van der Waals surface area contributed by atoms with Crippen LogP contribution in [0.15, 0.2) is 31.2 Å². The van der Waals surface area contributed by atoms with Gasteiger partial charge in [0, 0.05) is 36.6 Å². The lowest BCUT2D eigenvalue weighted by atomic mass is 10.2. The van der Waals surface area contributed by atoms with E-state index in [-0.39, 0.29) is 0 Å². The van der Waals surface area contributed by atoms with Crippen LogP contribution in [0.4, 0.5) is 5.82 Å². The predicted molar refractivity (Wildman–Crippen MR) is 89.6 cm³/mol. The second-order valence-electron chi connectivity index (χ2n) is 5.32. The minimum atomic E-state index is 0.885. The average molecular weight is 312 g/mol. The number of nitrogens with zero attached hydrogens (tertiary/aromatic N) is 5. The molecule has 0 spiro atoms. The van der Waals surface area contributed by atoms with E-state index >= 15 is 0 Å². The number of aryl methyl sites for hydroxylation is 2. The van der Waals surface area contributed by atoms with Crippen LogP contribution in [-0.4, -0.2) is 36.8 Å². The Morgan fingerprint density at radius 3 is 3.05 bits per heavy atom. The number of hydrogen-bond acceptors (Lipinski definition) is 5. The van der Waals surface area contributed by atoms with Crippen LogP contribution in [0.25, 0.3) is 15.9 Å². The van der Waals surface area contributed by atoms with Crippen LogP contribution in [-0.2, 0) is 7.05 Å². The second kappa shape index (κ2) is 5.17. The first-order chi connectivity index (χ1) is 10.7. The molecule has 0 radical (unpaired) electrons. The molecule has 0 saturated carbocycles. The molecule has 112 valence electrons. The lowest BCUT2D eigenvalue weighted by molar-refractivity contribution is 0.897. The largest absolute Gasteiger partial charge is 0.346 e. The topological polar surface area (TPSA) is 62.6 Å². The summed E-state index contributed by atoms with van der Waals surface area (Å²) in [7, 11) is 2.02. The maximum atomic E-state index is 4.52. The Morgan fingerprint density at radius 2 is 2.23 bits per heavy atom. The Labute approximate surface area is 132 Å². The summed E-state index contributed by atoms with van der Waals surface area (Å²) >= 11 is 1.85. The normalized spacial score (nSPS) is 15.4. The summed E-state index contributed by atoms with van der Waals surface area (Å²) in [5.74, 6) is 1.98. The van der Waals surface area contributed by atoms with E-state index in [1.165, 1.54) is 10.5 Å². The monoisotopic (exact) mass is 312 g/mol. The first-order valence-electron chi connectivity index (χ1n) is 7.10. The van der Waals surface area contributed by atoms with E-state index in [4.69, 9.17) is 0 Å². The molecule has 3 aromatic rings. The number of aromatic amines is 1. The number of nitrogens with one attached hydrogen (secondary N) is 1. The van der Waals surface area contributed by atoms with Gasteiger partial charge >= 0.3 is 0 Å². The zero-order valence-electron chi connectivity index (χ0n) is 12.4. The molecule has 3 aromatic heterocycles. The molecule has 0 amide bonds. The number of thioether (sulfide) groups is 1. The molecule has 22 heavy (non-hydrogen) atoms. The van der Waals surface area contributed by atoms with E-state index in [2.05, 4.69) is 38.0 Å². The van der Waals surface area contributed by atoms with Gasteiger partial charge in [-0.05, 0) is 12.5 Å². The summed E-state index contributed by atoms with van der Waals surface area (Å²) in [5.41, 5.74) is 3.18. The molecule has 6 nitrogen and oxygen atoms in total. The lowest BCUT2D eigenvalue weighted by Gasteiger charge is -2.26. The van der Waals surface area contributed by atoms with Crippen molar-refractivity contribution in [1.29, 1.82) is 0 Å². The van der Waals surface area contributed by atoms with E-state index in [0.29, 0.717) is 0 Å². The van der Waals surface area contributed by atoms with E-state index in [1.54, 1.807) is 6.33 Å². The average Bonchev–Trinajstić information content (AvgIpc) is 3.14. The van der Waals surface area contributed by atoms with Gasteiger partial charge in [0.1, 0.15) is 17.8 Å². The Balaban J connectivity index is 1.81. The van der Waals surface area contributed by atoms with Crippen molar-refractivity contribution in [3.05, 3.63) is 42.5 Å². The van der Waals surface area contributed by atoms with Crippen LogP contribution in [0.1, 0.15) is 11.3 Å². The minimum absolute atomic E-state index is 0.885. The Bertz CT molecular complexity index is 862. The van der Waals surface area contributed by atoms with Crippen LogP contribution in [0.2, 0.25) is 0 Å². The van der Waals surface area contributed by atoms with Gasteiger partial charge in [0.15, 0.2) is 0 Å². The number of H-pyrrole nitrogens is 1. The number of imidazole rings is 1. The number of fused-ring (bicyclic) bond motifs is 1. The van der Waals surface area contributed by atoms with E-state index < -0.39 is 0 Å². The van der Waals surface area contributed by atoms with Crippen LogP contribution in [0.3, 0.4) is 0 Å². The molecule has 0 atom stereocenters. The smallest absolute Gasteiger partial charge is 0.145 e. The number of hydrogen-bond donors (Lipinski definition) is 1. The molecule has 0 fully saturated rings. The van der Waals surface area contributed by atoms with E-state index in [9.17, 15) is 0 Å². The van der Waals surface area contributed by atoms with Crippen molar-refractivity contribution in [2.75, 3.05) is 17.2 Å². The van der Waals surface area contributed by atoms with Gasteiger partial charge in [-0.1, -0.05) is 0 Å². The molecule has 1 aliphatic heterocycles. The molecular formula is C15H16N6S. The Hall–Kier alpha value is -2.28. The van der Waals surface area contributed by atoms with E-state index in [0.717, 1.165) is 34.8 Å². The summed E-state index contributed by atoms with van der Waals surface area (Å²) in [5, 5.41) is 1.09. The number of anilines is 1. The first kappa shape index (κ1) is 13.4. The van der Waals surface area contributed by atoms with Crippen molar-refractivity contribution < 1.29 is 0 Å². The zero-order valence-corrected chi connectivity index (χ0v) is 13.3. The third kappa shape index (κ3) is 2.09. The molecule has 0 saturated heterocycles. The molecule has 0 aliphatic carbocycles. The van der Waals surface area contributed by atoms with Crippen molar-refractivity contribution in [1.82, 2.24) is 24.5 Å². The SMILES string of the molecule is Cc1c[nH]c2ncnc(N3C=C(c4cncn4C)SCC3)c12. The maximum Gasteiger partial charge on any atom is 0.145 e. The number of aromatic nitrogens is 5. The standard InChI is InChI=1S/C15H16N6S/c1-10-5-17-14-13(10)15(19-8-18-14)21-3-4-22-12(7-21)11-6-16-9-20(11)2/h5-9H,3-4H2,1-2H3,(H,17,18,19). The molecule has 1 aliphatic rings. The van der Waals surface area contributed by atoms with Gasteiger partial charge < -0.3 is 14.5 Å². The van der Waals surface area contributed by atoms with Crippen molar-refractivity contribution in [3.8, 4) is 0 Å². The van der Waals surface area contributed by atoms with Gasteiger partial charge in [-0.2, -0.15) is 0 Å². The van der Waals surface area contributed by atoms with Gasteiger partial charge in [0.2, 0.25) is 0 Å². The van der Waals surface area contributed by atoms with Crippen molar-refractivity contribution in [3.63, 3.8) is 0 Å². The lowest BCUT2D eigenvalue weighted by Crippen LogP contribution is -2.24. The highest BCUT2D eigenvalue weighted by atomic mass is 32.2. The van der Waals surface area contributed by atoms with Crippen LogP contribution in [0.5, 0.6) is 0 Å². The molecule has 4 heterocycles. The zero-order chi connectivity index (χ0) is 15.1. The van der Waals surface area contributed by atoms with Gasteiger partial charge in [0.05, 0.1) is 23.6 Å². The predicted octanol–water partition coefficient (Wildman–Crippen LogP) is 2.55. The molecular weight excluding hydrogens is 296 g/mol. The molecule has 1 N–H and O–H groups in total. The second-order valence-corrected chi connectivity index (χ2v) is 6.45. The van der Waals surface area contributed by atoms with Crippen LogP contribution >= 0.6 is 11.8 Å². The fourth-order valence-electron chi connectivity index (χ4n) is 2.71. The van der Waals surface area contributed by atoms with Gasteiger partial charge in [0.25, 0.3) is 0 Å². The number of rotatable bonds is 2. The minimum Gasteiger partial charge on any atom is -0.346 e. The Morgan fingerprint density at radius 1 is 1.32 bits per heavy atom. The molecule has 0 aromatic carbocycles.